The summed E-state index contributed by atoms with van der Waals surface area (Å²) in [7, 11) is 0. The summed E-state index contributed by atoms with van der Waals surface area (Å²) in [5.74, 6) is 0.794. The van der Waals surface area contributed by atoms with Crippen LogP contribution in [0, 0.1) is 0 Å². The zero-order valence-electron chi connectivity index (χ0n) is 11.3. The fraction of sp³-hybridized carbons (Fsp3) is 0.333. The molecule has 1 N–H and O–H groups in total. The Bertz CT molecular complexity index is 669. The molecule has 6 heteroatoms. The molecule has 110 valence electrons. The highest BCUT2D eigenvalue weighted by Crippen LogP contribution is 2.34. The highest BCUT2D eigenvalue weighted by atomic mass is 79.9. The van der Waals surface area contributed by atoms with Crippen LogP contribution in [0.25, 0.3) is 10.8 Å². The number of nitrogens with zero attached hydrogens (tertiary/aromatic N) is 2. The van der Waals surface area contributed by atoms with Gasteiger partial charge < -0.3 is 14.7 Å². The van der Waals surface area contributed by atoms with Gasteiger partial charge in [-0.1, -0.05) is 0 Å². The molecule has 0 bridgehead atoms. The maximum Gasteiger partial charge on any atom is 0.407 e. The number of pyridine rings is 1. The van der Waals surface area contributed by atoms with E-state index in [9.17, 15) is 4.79 Å². The second kappa shape index (κ2) is 5.89. The van der Waals surface area contributed by atoms with Crippen molar-refractivity contribution in [3.05, 3.63) is 35.1 Å². The van der Waals surface area contributed by atoms with Gasteiger partial charge in [0.15, 0.2) is 0 Å². The molecule has 0 aliphatic carbocycles. The van der Waals surface area contributed by atoms with Crippen LogP contribution in [-0.4, -0.2) is 40.3 Å². The summed E-state index contributed by atoms with van der Waals surface area (Å²) in [6.07, 6.45) is 4.20. The van der Waals surface area contributed by atoms with E-state index in [1.807, 2.05) is 24.4 Å². The molecule has 3 rings (SSSR count). The van der Waals surface area contributed by atoms with Gasteiger partial charge in [-0.15, -0.1) is 0 Å². The van der Waals surface area contributed by atoms with Crippen LogP contribution in [0.3, 0.4) is 0 Å². The lowest BCUT2D eigenvalue weighted by Gasteiger charge is -2.30. The van der Waals surface area contributed by atoms with E-state index >= 15 is 0 Å². The summed E-state index contributed by atoms with van der Waals surface area (Å²) in [5.41, 5.74) is 0. The fourth-order valence-corrected chi connectivity index (χ4v) is 3.13. The molecule has 0 radical (unpaired) electrons. The quantitative estimate of drug-likeness (QED) is 0.899. The summed E-state index contributed by atoms with van der Waals surface area (Å²) in [6, 6.07) is 5.85. The van der Waals surface area contributed by atoms with Crippen molar-refractivity contribution in [1.29, 1.82) is 0 Å². The number of likely N-dealkylation sites (tertiary alicyclic amines) is 1. The van der Waals surface area contributed by atoms with Crippen LogP contribution in [0.5, 0.6) is 5.75 Å². The summed E-state index contributed by atoms with van der Waals surface area (Å²) in [6.45, 7) is 1.05. The van der Waals surface area contributed by atoms with E-state index in [1.54, 1.807) is 6.20 Å². The topological polar surface area (TPSA) is 62.7 Å². The number of ether oxygens (including phenoxy) is 1. The van der Waals surface area contributed by atoms with Crippen molar-refractivity contribution in [1.82, 2.24) is 9.88 Å². The maximum atomic E-state index is 10.9. The highest BCUT2D eigenvalue weighted by Gasteiger charge is 2.24. The number of carbonyl (C=O) groups is 1. The Hall–Kier alpha value is -1.82. The lowest BCUT2D eigenvalue weighted by molar-refractivity contribution is 0.0892. The number of rotatable bonds is 2. The van der Waals surface area contributed by atoms with Crippen LogP contribution >= 0.6 is 15.9 Å². The predicted octanol–water partition coefficient (Wildman–Crippen LogP) is 3.52. The van der Waals surface area contributed by atoms with E-state index in [-0.39, 0.29) is 6.10 Å². The first kappa shape index (κ1) is 14.1. The van der Waals surface area contributed by atoms with E-state index in [1.165, 1.54) is 4.90 Å². The molecule has 0 unspecified atom stereocenters. The first-order valence-electron chi connectivity index (χ1n) is 6.82. The molecule has 2 heterocycles. The van der Waals surface area contributed by atoms with Crippen LogP contribution in [0.1, 0.15) is 12.8 Å². The Morgan fingerprint density at radius 3 is 2.81 bits per heavy atom. The molecule has 1 aliphatic heterocycles. The van der Waals surface area contributed by atoms with Gasteiger partial charge in [0, 0.05) is 49.1 Å². The lowest BCUT2D eigenvalue weighted by Crippen LogP contribution is -2.41. The Morgan fingerprint density at radius 2 is 2.10 bits per heavy atom. The molecule has 5 nitrogen and oxygen atoms in total. The maximum absolute atomic E-state index is 10.9. The third-order valence-corrected chi connectivity index (χ3v) is 4.54. The minimum atomic E-state index is -0.854. The Kier molecular flexibility index (Phi) is 3.96. The van der Waals surface area contributed by atoms with Crippen LogP contribution in [-0.2, 0) is 0 Å². The average molecular weight is 351 g/mol. The zero-order chi connectivity index (χ0) is 14.8. The third-order valence-electron chi connectivity index (χ3n) is 3.73. The third kappa shape index (κ3) is 2.95. The summed E-state index contributed by atoms with van der Waals surface area (Å²) < 4.78 is 6.95. The van der Waals surface area contributed by atoms with E-state index in [0.717, 1.165) is 21.0 Å². The molecule has 1 aromatic heterocycles. The largest absolute Gasteiger partial charge is 0.489 e. The van der Waals surface area contributed by atoms with Crippen molar-refractivity contribution >= 4 is 32.8 Å². The van der Waals surface area contributed by atoms with Gasteiger partial charge in [-0.25, -0.2) is 4.79 Å². The number of hydrogen-bond acceptors (Lipinski definition) is 3. The number of carboxylic acid groups (broad SMARTS) is 1. The summed E-state index contributed by atoms with van der Waals surface area (Å²) >= 11 is 3.59. The number of aromatic nitrogens is 1. The minimum absolute atomic E-state index is 0.0520. The number of fused-ring (bicyclic) bond motifs is 1. The first-order chi connectivity index (χ1) is 10.1. The zero-order valence-corrected chi connectivity index (χ0v) is 12.9. The summed E-state index contributed by atoms with van der Waals surface area (Å²) in [5, 5.41) is 11.1. The average Bonchev–Trinajstić information content (AvgIpc) is 2.51. The molecular weight excluding hydrogens is 336 g/mol. The van der Waals surface area contributed by atoms with Crippen molar-refractivity contribution < 1.29 is 14.6 Å². The molecule has 1 saturated heterocycles. The lowest BCUT2D eigenvalue weighted by atomic mass is 10.1. The van der Waals surface area contributed by atoms with Crippen molar-refractivity contribution in [2.45, 2.75) is 18.9 Å². The summed E-state index contributed by atoms with van der Waals surface area (Å²) in [4.78, 5) is 16.4. The molecule has 1 amide bonds. The molecule has 1 fully saturated rings. The van der Waals surface area contributed by atoms with E-state index < -0.39 is 6.09 Å². The van der Waals surface area contributed by atoms with Crippen LogP contribution in [0.4, 0.5) is 4.79 Å². The van der Waals surface area contributed by atoms with Crippen molar-refractivity contribution in [2.75, 3.05) is 13.1 Å². The molecule has 0 saturated carbocycles. The number of benzene rings is 1. The fourth-order valence-electron chi connectivity index (χ4n) is 2.55. The molecule has 1 aliphatic rings. The van der Waals surface area contributed by atoms with Gasteiger partial charge in [-0.2, -0.15) is 0 Å². The number of amides is 1. The molecule has 21 heavy (non-hydrogen) atoms. The van der Waals surface area contributed by atoms with Gasteiger partial charge in [0.1, 0.15) is 11.9 Å². The van der Waals surface area contributed by atoms with Gasteiger partial charge in [-0.05, 0) is 34.1 Å². The molecule has 1 aromatic carbocycles. The van der Waals surface area contributed by atoms with E-state index in [2.05, 4.69) is 20.9 Å². The Balaban J connectivity index is 1.74. The number of hydrogen-bond donors (Lipinski definition) is 1. The van der Waals surface area contributed by atoms with Crippen LogP contribution in [0.15, 0.2) is 35.1 Å². The van der Waals surface area contributed by atoms with Crippen LogP contribution < -0.4 is 4.74 Å². The normalized spacial score (nSPS) is 16.1. The molecule has 0 spiro atoms. The number of halogens is 1. The monoisotopic (exact) mass is 350 g/mol. The highest BCUT2D eigenvalue weighted by molar-refractivity contribution is 9.10. The van der Waals surface area contributed by atoms with Crippen molar-refractivity contribution in [3.8, 4) is 5.75 Å². The van der Waals surface area contributed by atoms with Crippen molar-refractivity contribution in [3.63, 3.8) is 0 Å². The van der Waals surface area contributed by atoms with Gasteiger partial charge in [0.05, 0.1) is 4.47 Å². The first-order valence-corrected chi connectivity index (χ1v) is 7.61. The van der Waals surface area contributed by atoms with E-state index in [0.29, 0.717) is 25.9 Å². The Morgan fingerprint density at radius 1 is 1.33 bits per heavy atom. The Labute approximate surface area is 130 Å². The second-order valence-electron chi connectivity index (χ2n) is 5.06. The number of piperidine rings is 1. The standard InChI is InChI=1S/C15H15BrN2O3/c16-14-12-3-6-17-9-10(12)1-2-13(14)21-11-4-7-18(8-5-11)15(19)20/h1-3,6,9,11H,4-5,7-8H2,(H,19,20). The van der Waals surface area contributed by atoms with Gasteiger partial charge in [-0.3, -0.25) is 4.98 Å². The van der Waals surface area contributed by atoms with Gasteiger partial charge >= 0.3 is 6.09 Å². The molecule has 0 atom stereocenters. The van der Waals surface area contributed by atoms with Gasteiger partial charge in [0.25, 0.3) is 0 Å². The van der Waals surface area contributed by atoms with E-state index in [4.69, 9.17) is 9.84 Å². The van der Waals surface area contributed by atoms with Crippen molar-refractivity contribution in [2.24, 2.45) is 0 Å². The smallest absolute Gasteiger partial charge is 0.407 e. The minimum Gasteiger partial charge on any atom is -0.489 e. The predicted molar refractivity (Wildman–Crippen MR) is 82.7 cm³/mol. The SMILES string of the molecule is O=C(O)N1CCC(Oc2ccc3cnccc3c2Br)CC1. The molecule has 2 aromatic rings. The van der Waals surface area contributed by atoms with Crippen LogP contribution in [0.2, 0.25) is 0 Å². The van der Waals surface area contributed by atoms with Gasteiger partial charge in [0.2, 0.25) is 0 Å². The molecular formula is C15H15BrN2O3. The second-order valence-corrected chi connectivity index (χ2v) is 5.85.